The van der Waals surface area contributed by atoms with E-state index in [1.165, 1.54) is 0 Å². The van der Waals surface area contributed by atoms with Gasteiger partial charge in [0.1, 0.15) is 11.6 Å². The molecule has 0 amide bonds. The molecule has 1 fully saturated rings. The molecule has 0 saturated carbocycles. The first-order chi connectivity index (χ1) is 8.08. The molecule has 1 aromatic rings. The van der Waals surface area contributed by atoms with Crippen LogP contribution in [0.4, 0.5) is 8.78 Å². The van der Waals surface area contributed by atoms with Gasteiger partial charge in [-0.3, -0.25) is 4.79 Å². The van der Waals surface area contributed by atoms with Gasteiger partial charge in [-0.15, -0.1) is 11.8 Å². The van der Waals surface area contributed by atoms with Crippen LogP contribution in [0.3, 0.4) is 0 Å². The lowest BCUT2D eigenvalue weighted by Crippen LogP contribution is -2.31. The molecule has 1 aliphatic rings. The fraction of sp³-hybridized carbons (Fsp3) is 0.417. The lowest BCUT2D eigenvalue weighted by Gasteiger charge is -2.26. The van der Waals surface area contributed by atoms with E-state index in [0.717, 1.165) is 29.7 Å². The highest BCUT2D eigenvalue weighted by Crippen LogP contribution is 2.33. The second kappa shape index (κ2) is 5.40. The van der Waals surface area contributed by atoms with Crippen molar-refractivity contribution in [3.05, 3.63) is 35.4 Å². The Kier molecular flexibility index (Phi) is 4.09. The van der Waals surface area contributed by atoms with Crippen LogP contribution >= 0.6 is 23.5 Å². The van der Waals surface area contributed by atoms with Crippen LogP contribution in [0.15, 0.2) is 18.2 Å². The van der Waals surface area contributed by atoms with Crippen molar-refractivity contribution in [3.8, 4) is 0 Å². The molecule has 0 aromatic heterocycles. The predicted molar refractivity (Wildman–Crippen MR) is 68.9 cm³/mol. The van der Waals surface area contributed by atoms with Crippen LogP contribution in [0.5, 0.6) is 0 Å². The molecule has 92 valence electrons. The number of thioether (sulfide) groups is 2. The van der Waals surface area contributed by atoms with Gasteiger partial charge in [0.25, 0.3) is 0 Å². The topological polar surface area (TPSA) is 17.1 Å². The number of halogens is 2. The molecule has 2 rings (SSSR count). The van der Waals surface area contributed by atoms with Crippen LogP contribution in [0.2, 0.25) is 0 Å². The summed E-state index contributed by atoms with van der Waals surface area (Å²) in [6, 6.07) is 3.00. The molecular weight excluding hydrogens is 262 g/mol. The summed E-state index contributed by atoms with van der Waals surface area (Å²) >= 11 is 3.30. The Labute approximate surface area is 107 Å². The summed E-state index contributed by atoms with van der Waals surface area (Å²) in [5.74, 6) is 0.355. The van der Waals surface area contributed by atoms with Gasteiger partial charge in [-0.2, -0.15) is 11.8 Å². The van der Waals surface area contributed by atoms with Crippen LogP contribution in [-0.4, -0.2) is 27.8 Å². The maximum Gasteiger partial charge on any atom is 0.177 e. The number of Topliss-reactive ketones (excluding diaryl/α,β-unsaturated/α-hetero) is 1. The summed E-state index contributed by atoms with van der Waals surface area (Å²) in [7, 11) is 0. The van der Waals surface area contributed by atoms with Crippen molar-refractivity contribution < 1.29 is 13.6 Å². The van der Waals surface area contributed by atoms with Crippen molar-refractivity contribution >= 4 is 29.3 Å². The minimum absolute atomic E-state index is 0.134. The third-order valence-corrected chi connectivity index (χ3v) is 5.68. The fourth-order valence-corrected chi connectivity index (χ4v) is 4.50. The number of rotatable bonds is 2. The number of hydrogen-bond donors (Lipinski definition) is 0. The number of ketones is 1. The molecule has 1 saturated heterocycles. The Morgan fingerprint density at radius 2 is 1.76 bits per heavy atom. The maximum absolute atomic E-state index is 13.0. The third kappa shape index (κ3) is 3.01. The highest BCUT2D eigenvalue weighted by Gasteiger charge is 2.30. The molecule has 0 bridgehead atoms. The van der Waals surface area contributed by atoms with Gasteiger partial charge in [-0.25, -0.2) is 8.78 Å². The Hall–Kier alpha value is -0.550. The van der Waals surface area contributed by atoms with Crippen molar-refractivity contribution in [1.29, 1.82) is 0 Å². The first-order valence-corrected chi connectivity index (χ1v) is 7.41. The molecule has 0 radical (unpaired) electrons. The highest BCUT2D eigenvalue weighted by atomic mass is 32.2. The van der Waals surface area contributed by atoms with E-state index in [4.69, 9.17) is 0 Å². The molecule has 17 heavy (non-hydrogen) atoms. The molecule has 1 aromatic carbocycles. The zero-order valence-corrected chi connectivity index (χ0v) is 10.9. The van der Waals surface area contributed by atoms with Crippen LogP contribution < -0.4 is 0 Å². The van der Waals surface area contributed by atoms with Gasteiger partial charge >= 0.3 is 0 Å². The van der Waals surface area contributed by atoms with Crippen molar-refractivity contribution in [1.82, 2.24) is 0 Å². The van der Waals surface area contributed by atoms with E-state index < -0.39 is 11.6 Å². The van der Waals surface area contributed by atoms with E-state index in [1.807, 2.05) is 6.92 Å². The first kappa shape index (κ1) is 12.9. The van der Waals surface area contributed by atoms with Crippen molar-refractivity contribution in [2.75, 3.05) is 11.5 Å². The smallest absolute Gasteiger partial charge is 0.177 e. The van der Waals surface area contributed by atoms with Gasteiger partial charge in [-0.1, -0.05) is 6.92 Å². The van der Waals surface area contributed by atoms with Crippen molar-refractivity contribution in [3.63, 3.8) is 0 Å². The van der Waals surface area contributed by atoms with Crippen LogP contribution in [-0.2, 0) is 0 Å². The lowest BCUT2D eigenvalue weighted by molar-refractivity contribution is 0.0988. The molecular formula is C12H12F2OS2. The van der Waals surface area contributed by atoms with Crippen molar-refractivity contribution in [2.24, 2.45) is 0 Å². The summed E-state index contributed by atoms with van der Waals surface area (Å²) in [6.45, 7) is 1.98. The van der Waals surface area contributed by atoms with Gasteiger partial charge in [0.05, 0.1) is 5.25 Å². The van der Waals surface area contributed by atoms with E-state index in [9.17, 15) is 13.6 Å². The average Bonchev–Trinajstić information content (AvgIpc) is 2.27. The van der Waals surface area contributed by atoms with E-state index in [-0.39, 0.29) is 21.8 Å². The first-order valence-electron chi connectivity index (χ1n) is 5.31. The average molecular weight is 274 g/mol. The minimum atomic E-state index is -0.700. The van der Waals surface area contributed by atoms with Crippen LogP contribution in [0, 0.1) is 11.6 Å². The van der Waals surface area contributed by atoms with Gasteiger partial charge in [-0.05, 0) is 12.1 Å². The number of carbonyl (C=O) groups excluding carboxylic acids is 1. The normalized spacial score (nSPS) is 24.6. The molecule has 0 spiro atoms. The predicted octanol–water partition coefficient (Wildman–Crippen LogP) is 3.38. The number of benzene rings is 1. The molecule has 1 aliphatic heterocycles. The van der Waals surface area contributed by atoms with Crippen LogP contribution in [0.25, 0.3) is 0 Å². The largest absolute Gasteiger partial charge is 0.293 e. The van der Waals surface area contributed by atoms with E-state index in [0.29, 0.717) is 0 Å². The molecule has 1 heterocycles. The number of hydrogen-bond acceptors (Lipinski definition) is 3. The molecule has 0 N–H and O–H groups in total. The van der Waals surface area contributed by atoms with E-state index in [2.05, 4.69) is 0 Å². The molecule has 0 aliphatic carbocycles. The van der Waals surface area contributed by atoms with Gasteiger partial charge < -0.3 is 0 Å². The monoisotopic (exact) mass is 274 g/mol. The van der Waals surface area contributed by atoms with Gasteiger partial charge in [0.2, 0.25) is 0 Å². The van der Waals surface area contributed by atoms with Crippen LogP contribution in [0.1, 0.15) is 17.3 Å². The Morgan fingerprint density at radius 3 is 2.35 bits per heavy atom. The second-order valence-electron chi connectivity index (χ2n) is 3.89. The van der Waals surface area contributed by atoms with Gasteiger partial charge in [0.15, 0.2) is 5.78 Å². The Morgan fingerprint density at radius 1 is 1.18 bits per heavy atom. The maximum atomic E-state index is 13.0. The highest BCUT2D eigenvalue weighted by molar-refractivity contribution is 8.07. The summed E-state index contributed by atoms with van der Waals surface area (Å²) < 4.78 is 26.1. The number of carbonyl (C=O) groups is 1. The minimum Gasteiger partial charge on any atom is -0.293 e. The summed E-state index contributed by atoms with van der Waals surface area (Å²) in [5, 5.41) is -0.0115. The molecule has 5 heteroatoms. The third-order valence-electron chi connectivity index (χ3n) is 2.59. The SMILES string of the molecule is CC1SCCSC1C(=O)c1cc(F)cc(F)c1. The summed E-state index contributed by atoms with van der Waals surface area (Å²) in [5.41, 5.74) is 0.134. The Balaban J connectivity index is 2.23. The second-order valence-corrected chi connectivity index (χ2v) is 6.62. The fourth-order valence-electron chi connectivity index (χ4n) is 1.78. The van der Waals surface area contributed by atoms with Gasteiger partial charge in [0, 0.05) is 28.4 Å². The standard InChI is InChI=1S/C12H12F2OS2/c1-7-12(17-3-2-16-7)11(15)8-4-9(13)6-10(14)5-8/h4-7,12H,2-3H2,1H3. The molecule has 1 nitrogen and oxygen atoms in total. The Bertz CT molecular complexity index is 416. The quantitative estimate of drug-likeness (QED) is 0.770. The summed E-state index contributed by atoms with van der Waals surface area (Å²) in [4.78, 5) is 12.1. The lowest BCUT2D eigenvalue weighted by atomic mass is 10.1. The van der Waals surface area contributed by atoms with E-state index >= 15 is 0 Å². The molecule has 2 unspecified atom stereocenters. The summed E-state index contributed by atoms with van der Waals surface area (Å²) in [6.07, 6.45) is 0. The zero-order chi connectivity index (χ0) is 12.4. The van der Waals surface area contributed by atoms with Crippen molar-refractivity contribution in [2.45, 2.75) is 17.4 Å². The van der Waals surface area contributed by atoms with E-state index in [1.54, 1.807) is 23.5 Å². The zero-order valence-electron chi connectivity index (χ0n) is 9.28. The molecule has 2 atom stereocenters.